The summed E-state index contributed by atoms with van der Waals surface area (Å²) in [7, 11) is 0. The Bertz CT molecular complexity index is 801. The van der Waals surface area contributed by atoms with E-state index in [1.807, 2.05) is 35.7 Å². The highest BCUT2D eigenvalue weighted by Gasteiger charge is 2.41. The van der Waals surface area contributed by atoms with Crippen LogP contribution < -0.4 is 0 Å². The Morgan fingerprint density at radius 1 is 0.929 bits per heavy atom. The Kier molecular flexibility index (Phi) is 7.37. The van der Waals surface area contributed by atoms with E-state index in [4.69, 9.17) is 12.2 Å². The molecule has 1 saturated heterocycles. The van der Waals surface area contributed by atoms with Gasteiger partial charge in [-0.05, 0) is 36.0 Å². The number of carbonyl (C=O) groups excluding carboxylic acids is 2. The third kappa shape index (κ3) is 4.36. The number of hydrogen-bond donors (Lipinski definition) is 0. The summed E-state index contributed by atoms with van der Waals surface area (Å²) >= 11 is 8.47. The number of hydrogen-bond acceptors (Lipinski definition) is 5. The Hall–Kier alpha value is -1.57. The summed E-state index contributed by atoms with van der Waals surface area (Å²) < 4.78 is 0.749. The van der Waals surface area contributed by atoms with Crippen molar-refractivity contribution in [2.75, 3.05) is 13.1 Å². The van der Waals surface area contributed by atoms with Crippen molar-refractivity contribution in [3.05, 3.63) is 51.1 Å². The molecule has 3 rings (SSSR count). The van der Waals surface area contributed by atoms with E-state index in [1.165, 1.54) is 23.5 Å². The van der Waals surface area contributed by atoms with Crippen molar-refractivity contribution in [2.24, 2.45) is 0 Å². The number of rotatable bonds is 7. The normalized spacial score (nSPS) is 17.6. The molecule has 7 heteroatoms. The number of amides is 2. The maximum absolute atomic E-state index is 13.2. The Morgan fingerprint density at radius 2 is 1.50 bits per heavy atom. The van der Waals surface area contributed by atoms with Gasteiger partial charge in [0.15, 0.2) is 5.11 Å². The zero-order valence-electron chi connectivity index (χ0n) is 16.1. The van der Waals surface area contributed by atoms with E-state index in [9.17, 15) is 9.59 Å². The highest BCUT2D eigenvalue weighted by Crippen LogP contribution is 2.50. The number of benzene rings is 1. The molecule has 0 aliphatic carbocycles. The first-order valence-corrected chi connectivity index (χ1v) is 11.7. The number of thiocarbonyl (C=S) groups is 1. The van der Waals surface area contributed by atoms with Crippen molar-refractivity contribution < 1.29 is 9.59 Å². The minimum Gasteiger partial charge on any atom is -0.284 e. The molecule has 1 aromatic rings. The van der Waals surface area contributed by atoms with Crippen LogP contribution in [0, 0.1) is 0 Å². The van der Waals surface area contributed by atoms with Crippen LogP contribution in [0.15, 0.2) is 45.6 Å². The highest BCUT2D eigenvalue weighted by atomic mass is 32.2. The maximum atomic E-state index is 13.2. The molecule has 0 radical (unpaired) electrons. The van der Waals surface area contributed by atoms with Crippen LogP contribution in [-0.4, -0.2) is 39.8 Å². The van der Waals surface area contributed by atoms with Crippen LogP contribution in [0.25, 0.3) is 4.91 Å². The second kappa shape index (κ2) is 9.76. The number of thioether (sulfide) groups is 2. The number of carbonyl (C=O) groups is 2. The molecule has 1 aromatic carbocycles. The third-order valence-electron chi connectivity index (χ3n) is 4.59. The van der Waals surface area contributed by atoms with Crippen LogP contribution in [0.5, 0.6) is 0 Å². The molecule has 0 unspecified atom stereocenters. The van der Waals surface area contributed by atoms with Crippen molar-refractivity contribution in [1.29, 1.82) is 0 Å². The van der Waals surface area contributed by atoms with Crippen molar-refractivity contribution in [3.63, 3.8) is 0 Å². The second-order valence-corrected chi connectivity index (χ2v) is 9.19. The Labute approximate surface area is 180 Å². The van der Waals surface area contributed by atoms with E-state index in [2.05, 4.69) is 13.8 Å². The van der Waals surface area contributed by atoms with Crippen molar-refractivity contribution >= 4 is 57.6 Å². The topological polar surface area (TPSA) is 40.6 Å². The first-order valence-electron chi connectivity index (χ1n) is 9.60. The van der Waals surface area contributed by atoms with E-state index in [-0.39, 0.29) is 17.4 Å². The largest absolute Gasteiger partial charge is 0.284 e. The molecule has 28 heavy (non-hydrogen) atoms. The van der Waals surface area contributed by atoms with Crippen LogP contribution in [0.3, 0.4) is 0 Å². The van der Waals surface area contributed by atoms with Crippen LogP contribution >= 0.6 is 35.7 Å². The van der Waals surface area contributed by atoms with Crippen LogP contribution in [-0.2, 0) is 9.59 Å². The van der Waals surface area contributed by atoms with Gasteiger partial charge in [-0.15, -0.1) is 0 Å². The summed E-state index contributed by atoms with van der Waals surface area (Å²) in [5.74, 6) is -0.511. The van der Waals surface area contributed by atoms with Gasteiger partial charge in [0.05, 0.1) is 4.24 Å². The molecule has 2 amide bonds. The minimum atomic E-state index is -0.256. The third-order valence-corrected chi connectivity index (χ3v) is 7.45. The standard InChI is InChI=1S/C21H24N2O2S3/c1-3-5-12-22-18(24)17(19(25)23(21(22)26)13-6-4-2)20-27-14-16(28-20)15-10-8-7-9-11-15/h7-11,14H,3-6,12-13H2,1-2H3. The Morgan fingerprint density at radius 3 is 2.04 bits per heavy atom. The van der Waals surface area contributed by atoms with Crippen molar-refractivity contribution in [2.45, 2.75) is 39.5 Å². The molecule has 0 spiro atoms. The fourth-order valence-corrected chi connectivity index (χ4v) is 5.64. The zero-order chi connectivity index (χ0) is 20.1. The summed E-state index contributed by atoms with van der Waals surface area (Å²) in [4.78, 5) is 30.6. The van der Waals surface area contributed by atoms with Crippen LogP contribution in [0.4, 0.5) is 0 Å². The van der Waals surface area contributed by atoms with Gasteiger partial charge in [0.1, 0.15) is 5.57 Å². The van der Waals surface area contributed by atoms with E-state index < -0.39 is 0 Å². The molecule has 4 nitrogen and oxygen atoms in total. The summed E-state index contributed by atoms with van der Waals surface area (Å²) in [6.07, 6.45) is 3.64. The van der Waals surface area contributed by atoms with Gasteiger partial charge >= 0.3 is 0 Å². The lowest BCUT2D eigenvalue weighted by Gasteiger charge is -2.37. The number of unbranched alkanes of at least 4 members (excludes halogenated alkanes) is 2. The van der Waals surface area contributed by atoms with Gasteiger partial charge in [-0.3, -0.25) is 19.4 Å². The number of nitrogens with zero attached hydrogens (tertiary/aromatic N) is 2. The van der Waals surface area contributed by atoms with Gasteiger partial charge in [-0.2, -0.15) is 0 Å². The first kappa shape index (κ1) is 21.1. The highest BCUT2D eigenvalue weighted by molar-refractivity contribution is 8.31. The molecular weight excluding hydrogens is 408 g/mol. The van der Waals surface area contributed by atoms with Crippen molar-refractivity contribution in [3.8, 4) is 0 Å². The van der Waals surface area contributed by atoms with Gasteiger partial charge < -0.3 is 0 Å². The molecule has 0 saturated carbocycles. The maximum Gasteiger partial charge on any atom is 0.267 e. The summed E-state index contributed by atoms with van der Waals surface area (Å²) in [5.41, 5.74) is 1.35. The lowest BCUT2D eigenvalue weighted by atomic mass is 10.1. The van der Waals surface area contributed by atoms with Gasteiger partial charge in [0.2, 0.25) is 0 Å². The van der Waals surface area contributed by atoms with Crippen LogP contribution in [0.1, 0.15) is 45.1 Å². The zero-order valence-corrected chi connectivity index (χ0v) is 18.6. The smallest absolute Gasteiger partial charge is 0.267 e. The Balaban J connectivity index is 1.91. The SMILES string of the molecule is CCCCN1C(=O)C(=C2SC=C(c3ccccc3)S2)C(=O)N(CCCC)C1=S. The van der Waals surface area contributed by atoms with Gasteiger partial charge in [0.25, 0.3) is 11.8 Å². The fraction of sp³-hybridized carbons (Fsp3) is 0.381. The predicted octanol–water partition coefficient (Wildman–Crippen LogP) is 5.23. The van der Waals surface area contributed by atoms with Gasteiger partial charge in [-0.25, -0.2) is 0 Å². The molecule has 0 atom stereocenters. The lowest BCUT2D eigenvalue weighted by Crippen LogP contribution is -2.56. The van der Waals surface area contributed by atoms with E-state index in [1.54, 1.807) is 9.80 Å². The molecule has 2 aliphatic heterocycles. The molecule has 2 aliphatic rings. The van der Waals surface area contributed by atoms with Gasteiger partial charge in [-0.1, -0.05) is 80.5 Å². The van der Waals surface area contributed by atoms with E-state index >= 15 is 0 Å². The molecule has 1 fully saturated rings. The van der Waals surface area contributed by atoms with E-state index in [0.717, 1.165) is 40.4 Å². The first-order chi connectivity index (χ1) is 13.6. The monoisotopic (exact) mass is 432 g/mol. The molecule has 2 heterocycles. The molecule has 0 bridgehead atoms. The summed E-state index contributed by atoms with van der Waals surface area (Å²) in [5, 5.41) is 2.37. The average Bonchev–Trinajstić information content (AvgIpc) is 3.18. The average molecular weight is 433 g/mol. The molecule has 148 valence electrons. The molecule has 0 N–H and O–H groups in total. The second-order valence-electron chi connectivity index (χ2n) is 6.63. The molecular formula is C21H24N2O2S3. The predicted molar refractivity (Wildman–Crippen MR) is 122 cm³/mol. The summed E-state index contributed by atoms with van der Waals surface area (Å²) in [6, 6.07) is 10.0. The van der Waals surface area contributed by atoms with Crippen LogP contribution in [0.2, 0.25) is 0 Å². The quantitative estimate of drug-likeness (QED) is 0.335. The summed E-state index contributed by atoms with van der Waals surface area (Å²) in [6.45, 7) is 5.26. The fourth-order valence-electron chi connectivity index (χ4n) is 2.98. The van der Waals surface area contributed by atoms with E-state index in [0.29, 0.717) is 18.2 Å². The van der Waals surface area contributed by atoms with Gasteiger partial charge in [0, 0.05) is 18.0 Å². The molecule has 0 aromatic heterocycles. The lowest BCUT2D eigenvalue weighted by molar-refractivity contribution is -0.133. The van der Waals surface area contributed by atoms with Crippen molar-refractivity contribution in [1.82, 2.24) is 9.80 Å². The minimum absolute atomic E-state index is 0.256.